The summed E-state index contributed by atoms with van der Waals surface area (Å²) in [5, 5.41) is 9.60. The fraction of sp³-hybridized carbons (Fsp3) is 0.368. The first-order chi connectivity index (χ1) is 12.2. The van der Waals surface area contributed by atoms with Crippen LogP contribution in [0.4, 0.5) is 15.9 Å². The van der Waals surface area contributed by atoms with E-state index in [1.54, 1.807) is 12.1 Å². The molecule has 4 rings (SSSR count). The third-order valence-electron chi connectivity index (χ3n) is 5.06. The third-order valence-corrected chi connectivity index (χ3v) is 5.06. The lowest BCUT2D eigenvalue weighted by Gasteiger charge is -2.33. The van der Waals surface area contributed by atoms with Crippen molar-refractivity contribution in [2.45, 2.75) is 25.3 Å². The minimum atomic E-state index is -0.236. The Bertz CT molecular complexity index is 855. The lowest BCUT2D eigenvalue weighted by Crippen LogP contribution is -2.33. The summed E-state index contributed by atoms with van der Waals surface area (Å²) < 4.78 is 19.7. The molecule has 3 heterocycles. The number of para-hydroxylation sites is 1. The predicted molar refractivity (Wildman–Crippen MR) is 92.7 cm³/mol. The number of pyridine rings is 1. The zero-order valence-electron chi connectivity index (χ0n) is 13.8. The molecule has 1 atom stereocenters. The number of hydrogen-bond acceptors (Lipinski definition) is 5. The molecule has 0 saturated carbocycles. The van der Waals surface area contributed by atoms with Crippen LogP contribution < -0.4 is 10.6 Å². The van der Waals surface area contributed by atoms with Gasteiger partial charge in [0.15, 0.2) is 0 Å². The van der Waals surface area contributed by atoms with Gasteiger partial charge in [-0.05, 0) is 29.7 Å². The second kappa shape index (κ2) is 6.34. The van der Waals surface area contributed by atoms with Crippen LogP contribution in [0.5, 0.6) is 0 Å². The first-order valence-electron chi connectivity index (χ1n) is 8.47. The zero-order valence-corrected chi connectivity index (χ0v) is 13.8. The van der Waals surface area contributed by atoms with E-state index in [1.165, 1.54) is 6.07 Å². The van der Waals surface area contributed by atoms with Gasteiger partial charge in [0.1, 0.15) is 17.7 Å². The van der Waals surface area contributed by atoms with E-state index in [1.807, 2.05) is 11.0 Å². The number of fused-ring (bicyclic) bond motifs is 1. The molecule has 1 fully saturated rings. The van der Waals surface area contributed by atoms with Gasteiger partial charge in [0.05, 0.1) is 17.9 Å². The Morgan fingerprint density at radius 1 is 1.36 bits per heavy atom. The number of benzene rings is 1. The lowest BCUT2D eigenvalue weighted by molar-refractivity contribution is 0.193. The van der Waals surface area contributed by atoms with E-state index in [9.17, 15) is 9.65 Å². The lowest BCUT2D eigenvalue weighted by atomic mass is 9.86. The quantitative estimate of drug-likeness (QED) is 0.911. The van der Waals surface area contributed by atoms with Crippen molar-refractivity contribution in [3.63, 3.8) is 0 Å². The summed E-state index contributed by atoms with van der Waals surface area (Å²) in [6.07, 6.45) is 1.55. The maximum absolute atomic E-state index is 14.2. The predicted octanol–water partition coefficient (Wildman–Crippen LogP) is 2.74. The summed E-state index contributed by atoms with van der Waals surface area (Å²) in [6, 6.07) is 9.00. The van der Waals surface area contributed by atoms with Crippen LogP contribution in [0.3, 0.4) is 0 Å². The van der Waals surface area contributed by atoms with Crippen LogP contribution in [0.1, 0.15) is 34.7 Å². The Balaban J connectivity index is 1.80. The Morgan fingerprint density at radius 3 is 2.92 bits per heavy atom. The molecule has 2 N–H and O–H groups in total. The SMILES string of the molecule is N#Cc1c(N)nc2c(c1C1CCOC1)CN(c1ccccc1F)CC2. The monoisotopic (exact) mass is 338 g/mol. The molecule has 1 saturated heterocycles. The second-order valence-corrected chi connectivity index (χ2v) is 6.51. The summed E-state index contributed by atoms with van der Waals surface area (Å²) in [5.74, 6) is 0.206. The van der Waals surface area contributed by atoms with Crippen LogP contribution in [0.25, 0.3) is 0 Å². The normalized spacial score (nSPS) is 19.5. The number of aromatic nitrogens is 1. The molecule has 0 spiro atoms. The largest absolute Gasteiger partial charge is 0.383 e. The van der Waals surface area contributed by atoms with E-state index in [2.05, 4.69) is 11.1 Å². The third kappa shape index (κ3) is 2.71. The van der Waals surface area contributed by atoms with Crippen molar-refractivity contribution in [2.24, 2.45) is 0 Å². The van der Waals surface area contributed by atoms with Crippen molar-refractivity contribution >= 4 is 11.5 Å². The summed E-state index contributed by atoms with van der Waals surface area (Å²) >= 11 is 0. The van der Waals surface area contributed by atoms with Gasteiger partial charge in [-0.25, -0.2) is 9.37 Å². The first kappa shape index (κ1) is 15.9. The molecule has 1 unspecified atom stereocenters. The number of anilines is 2. The average Bonchev–Trinajstić information content (AvgIpc) is 3.15. The molecule has 2 aliphatic heterocycles. The van der Waals surface area contributed by atoms with Crippen LogP contribution in [-0.4, -0.2) is 24.7 Å². The highest BCUT2D eigenvalue weighted by molar-refractivity contribution is 5.61. The first-order valence-corrected chi connectivity index (χ1v) is 8.47. The standard InChI is InChI=1S/C19H19FN4O/c20-15-3-1-2-4-17(15)24-7-5-16-14(10-24)18(12-6-8-25-11-12)13(9-21)19(22)23-16/h1-4,12H,5-8,10-11H2,(H2,22,23). The van der Waals surface area contributed by atoms with Gasteiger partial charge >= 0.3 is 0 Å². The van der Waals surface area contributed by atoms with Gasteiger partial charge in [-0.3, -0.25) is 0 Å². The highest BCUT2D eigenvalue weighted by atomic mass is 19.1. The highest BCUT2D eigenvalue weighted by Gasteiger charge is 2.31. The molecule has 25 heavy (non-hydrogen) atoms. The fourth-order valence-corrected chi connectivity index (χ4v) is 3.85. The van der Waals surface area contributed by atoms with E-state index in [4.69, 9.17) is 10.5 Å². The van der Waals surface area contributed by atoms with Crippen LogP contribution in [0.2, 0.25) is 0 Å². The van der Waals surface area contributed by atoms with Gasteiger partial charge in [-0.1, -0.05) is 12.1 Å². The number of nitrogens with zero attached hydrogens (tertiary/aromatic N) is 3. The summed E-state index contributed by atoms with van der Waals surface area (Å²) in [5.41, 5.74) is 9.95. The van der Waals surface area contributed by atoms with Crippen molar-refractivity contribution in [3.05, 3.63) is 52.5 Å². The minimum Gasteiger partial charge on any atom is -0.383 e. The molecule has 1 aromatic heterocycles. The number of hydrogen-bond donors (Lipinski definition) is 1. The topological polar surface area (TPSA) is 75.2 Å². The Hall–Kier alpha value is -2.65. The van der Waals surface area contributed by atoms with Gasteiger partial charge in [-0.2, -0.15) is 5.26 Å². The number of nitrogens with two attached hydrogens (primary N) is 1. The Morgan fingerprint density at radius 2 is 2.20 bits per heavy atom. The smallest absolute Gasteiger partial charge is 0.146 e. The molecule has 0 bridgehead atoms. The van der Waals surface area contributed by atoms with Gasteiger partial charge < -0.3 is 15.4 Å². The maximum atomic E-state index is 14.2. The summed E-state index contributed by atoms with van der Waals surface area (Å²) in [6.45, 7) is 2.48. The number of nitriles is 1. The molecule has 2 aliphatic rings. The van der Waals surface area contributed by atoms with Gasteiger partial charge in [-0.15, -0.1) is 0 Å². The number of halogens is 1. The van der Waals surface area contributed by atoms with Crippen molar-refractivity contribution in [3.8, 4) is 6.07 Å². The van der Waals surface area contributed by atoms with Crippen molar-refractivity contribution in [2.75, 3.05) is 30.4 Å². The maximum Gasteiger partial charge on any atom is 0.146 e. The molecule has 2 aromatic rings. The van der Waals surface area contributed by atoms with E-state index < -0.39 is 0 Å². The van der Waals surface area contributed by atoms with Crippen molar-refractivity contribution < 1.29 is 9.13 Å². The zero-order chi connectivity index (χ0) is 17.4. The number of ether oxygens (including phenoxy) is 1. The molecule has 5 nitrogen and oxygen atoms in total. The minimum absolute atomic E-state index is 0.147. The molecular weight excluding hydrogens is 319 g/mol. The molecular formula is C19H19FN4O. The molecule has 6 heteroatoms. The second-order valence-electron chi connectivity index (χ2n) is 6.51. The van der Waals surface area contributed by atoms with Crippen LogP contribution >= 0.6 is 0 Å². The molecule has 1 aromatic carbocycles. The van der Waals surface area contributed by atoms with Crippen LogP contribution in [-0.2, 0) is 17.7 Å². The van der Waals surface area contributed by atoms with E-state index in [0.717, 1.165) is 23.2 Å². The van der Waals surface area contributed by atoms with E-state index >= 15 is 0 Å². The van der Waals surface area contributed by atoms with Gasteiger partial charge in [0, 0.05) is 37.7 Å². The molecule has 128 valence electrons. The van der Waals surface area contributed by atoms with Gasteiger partial charge in [0.2, 0.25) is 0 Å². The van der Waals surface area contributed by atoms with E-state index in [-0.39, 0.29) is 11.7 Å². The molecule has 0 amide bonds. The summed E-state index contributed by atoms with van der Waals surface area (Å²) in [4.78, 5) is 6.47. The van der Waals surface area contributed by atoms with Crippen molar-refractivity contribution in [1.29, 1.82) is 5.26 Å². The Kier molecular flexibility index (Phi) is 4.02. The summed E-state index contributed by atoms with van der Waals surface area (Å²) in [7, 11) is 0. The van der Waals surface area contributed by atoms with Crippen molar-refractivity contribution in [1.82, 2.24) is 4.98 Å². The fourth-order valence-electron chi connectivity index (χ4n) is 3.85. The van der Waals surface area contributed by atoms with Crippen LogP contribution in [0, 0.1) is 17.1 Å². The molecule has 0 radical (unpaired) electrons. The number of nitrogen functional groups attached to an aromatic ring is 1. The van der Waals surface area contributed by atoms with Gasteiger partial charge in [0.25, 0.3) is 0 Å². The number of rotatable bonds is 2. The highest BCUT2D eigenvalue weighted by Crippen LogP contribution is 2.37. The van der Waals surface area contributed by atoms with E-state index in [0.29, 0.717) is 49.8 Å². The molecule has 0 aliphatic carbocycles. The average molecular weight is 338 g/mol. The Labute approximate surface area is 145 Å². The van der Waals surface area contributed by atoms with Crippen LogP contribution in [0.15, 0.2) is 24.3 Å².